The average Bonchev–Trinajstić information content (AvgIpc) is 3.11. The number of amides is 1. The van der Waals surface area contributed by atoms with Gasteiger partial charge in [-0.25, -0.2) is 14.4 Å². The Balaban J connectivity index is 1.54. The average molecular weight is 336 g/mol. The van der Waals surface area contributed by atoms with Gasteiger partial charge in [0.25, 0.3) is 5.91 Å². The smallest absolute Gasteiger partial charge is 0.252 e. The topological polar surface area (TPSA) is 91.8 Å². The van der Waals surface area contributed by atoms with E-state index in [2.05, 4.69) is 15.3 Å². The van der Waals surface area contributed by atoms with Crippen molar-refractivity contribution in [1.29, 1.82) is 5.26 Å². The molecule has 0 aliphatic heterocycles. The molecule has 0 saturated carbocycles. The number of pyridine rings is 1. The van der Waals surface area contributed by atoms with Crippen LogP contribution in [0.2, 0.25) is 0 Å². The number of rotatable bonds is 5. The number of oxazole rings is 1. The molecular weight excluding hydrogens is 323 g/mol. The van der Waals surface area contributed by atoms with Crippen LogP contribution in [0, 0.1) is 17.1 Å². The molecule has 0 unspecified atom stereocenters. The Labute approximate surface area is 143 Å². The van der Waals surface area contributed by atoms with Crippen LogP contribution in [0.25, 0.3) is 11.5 Å². The van der Waals surface area contributed by atoms with E-state index in [1.54, 1.807) is 18.2 Å². The van der Waals surface area contributed by atoms with Crippen molar-refractivity contribution in [2.45, 2.75) is 6.42 Å². The molecule has 0 saturated heterocycles. The second-order valence-corrected chi connectivity index (χ2v) is 5.20. The number of hydrogen-bond acceptors (Lipinski definition) is 5. The lowest BCUT2D eigenvalue weighted by atomic mass is 10.2. The van der Waals surface area contributed by atoms with Gasteiger partial charge in [-0.05, 0) is 36.4 Å². The summed E-state index contributed by atoms with van der Waals surface area (Å²) in [5.41, 5.74) is 2.00. The zero-order chi connectivity index (χ0) is 17.6. The molecule has 0 atom stereocenters. The first-order chi connectivity index (χ1) is 12.2. The summed E-state index contributed by atoms with van der Waals surface area (Å²) in [4.78, 5) is 20.1. The summed E-state index contributed by atoms with van der Waals surface area (Å²) in [5, 5.41) is 11.4. The van der Waals surface area contributed by atoms with Crippen molar-refractivity contribution < 1.29 is 13.6 Å². The molecule has 3 rings (SSSR count). The number of nitrogens with one attached hydrogen (secondary N) is 1. The SMILES string of the molecule is N#Cc1ccc(C(=O)NCCc2coc(-c3ccc(F)cc3)n2)cn1. The molecule has 1 N–H and O–H groups in total. The number of hydrogen-bond donors (Lipinski definition) is 1. The Hall–Kier alpha value is -3.53. The van der Waals surface area contributed by atoms with E-state index in [0.29, 0.717) is 35.7 Å². The van der Waals surface area contributed by atoms with Gasteiger partial charge in [0.05, 0.1) is 11.3 Å². The van der Waals surface area contributed by atoms with Crippen molar-refractivity contribution >= 4 is 5.91 Å². The molecule has 2 heterocycles. The van der Waals surface area contributed by atoms with Crippen molar-refractivity contribution in [2.24, 2.45) is 0 Å². The molecule has 6 nitrogen and oxygen atoms in total. The summed E-state index contributed by atoms with van der Waals surface area (Å²) in [6.45, 7) is 0.369. The lowest BCUT2D eigenvalue weighted by Crippen LogP contribution is -2.25. The number of carbonyl (C=O) groups excluding carboxylic acids is 1. The number of nitrogens with zero attached hydrogens (tertiary/aromatic N) is 3. The van der Waals surface area contributed by atoms with E-state index in [1.165, 1.54) is 30.7 Å². The minimum Gasteiger partial charge on any atom is -0.444 e. The van der Waals surface area contributed by atoms with Crippen molar-refractivity contribution in [2.75, 3.05) is 6.54 Å². The molecular formula is C18H13FN4O2. The van der Waals surface area contributed by atoms with Crippen LogP contribution in [0.4, 0.5) is 4.39 Å². The summed E-state index contributed by atoms with van der Waals surface area (Å²) in [6, 6.07) is 10.8. The molecule has 0 aliphatic rings. The van der Waals surface area contributed by atoms with Crippen LogP contribution in [0.1, 0.15) is 21.7 Å². The van der Waals surface area contributed by atoms with E-state index in [9.17, 15) is 9.18 Å². The highest BCUT2D eigenvalue weighted by atomic mass is 19.1. The summed E-state index contributed by atoms with van der Waals surface area (Å²) in [7, 11) is 0. The lowest BCUT2D eigenvalue weighted by molar-refractivity contribution is 0.0953. The van der Waals surface area contributed by atoms with Gasteiger partial charge >= 0.3 is 0 Å². The van der Waals surface area contributed by atoms with Gasteiger partial charge in [0.1, 0.15) is 23.8 Å². The van der Waals surface area contributed by atoms with Crippen LogP contribution in [0.15, 0.2) is 53.3 Å². The van der Waals surface area contributed by atoms with Gasteiger partial charge in [-0.2, -0.15) is 5.26 Å². The number of halogens is 1. The molecule has 0 aliphatic carbocycles. The molecule has 1 amide bonds. The van der Waals surface area contributed by atoms with Crippen LogP contribution >= 0.6 is 0 Å². The first kappa shape index (κ1) is 16.3. The third kappa shape index (κ3) is 4.06. The van der Waals surface area contributed by atoms with Gasteiger partial charge in [-0.15, -0.1) is 0 Å². The van der Waals surface area contributed by atoms with Crippen molar-refractivity contribution in [3.63, 3.8) is 0 Å². The molecule has 124 valence electrons. The highest BCUT2D eigenvalue weighted by molar-refractivity contribution is 5.93. The van der Waals surface area contributed by atoms with Gasteiger partial charge in [-0.1, -0.05) is 0 Å². The molecule has 2 aromatic heterocycles. The highest BCUT2D eigenvalue weighted by Crippen LogP contribution is 2.18. The third-order valence-corrected chi connectivity index (χ3v) is 3.45. The third-order valence-electron chi connectivity index (χ3n) is 3.45. The first-order valence-electron chi connectivity index (χ1n) is 7.50. The second kappa shape index (κ2) is 7.36. The Morgan fingerprint density at radius 1 is 1.24 bits per heavy atom. The standard InChI is InChI=1S/C18H13FN4O2/c19-14-4-1-12(2-5-14)18-23-16(11-25-18)7-8-21-17(24)13-3-6-15(9-20)22-10-13/h1-6,10-11H,7-8H2,(H,21,24). The van der Waals surface area contributed by atoms with Crippen molar-refractivity contribution in [3.8, 4) is 17.5 Å². The zero-order valence-corrected chi connectivity index (χ0v) is 13.1. The van der Waals surface area contributed by atoms with E-state index < -0.39 is 0 Å². The Kier molecular flexibility index (Phi) is 4.81. The van der Waals surface area contributed by atoms with E-state index in [0.717, 1.165) is 0 Å². The predicted octanol–water partition coefficient (Wildman–Crippen LogP) is 2.72. The molecule has 3 aromatic rings. The normalized spacial score (nSPS) is 10.2. The minimum absolute atomic E-state index is 0.257. The first-order valence-corrected chi connectivity index (χ1v) is 7.50. The maximum Gasteiger partial charge on any atom is 0.252 e. The van der Waals surface area contributed by atoms with Crippen LogP contribution in [-0.4, -0.2) is 22.4 Å². The second-order valence-electron chi connectivity index (χ2n) is 5.20. The maximum absolute atomic E-state index is 12.9. The molecule has 1 aromatic carbocycles. The molecule has 0 radical (unpaired) electrons. The Morgan fingerprint density at radius 2 is 2.04 bits per heavy atom. The number of benzene rings is 1. The molecule has 0 spiro atoms. The highest BCUT2D eigenvalue weighted by Gasteiger charge is 2.09. The fourth-order valence-electron chi connectivity index (χ4n) is 2.15. The fourth-order valence-corrected chi connectivity index (χ4v) is 2.15. The van der Waals surface area contributed by atoms with Crippen LogP contribution < -0.4 is 5.32 Å². The Bertz CT molecular complexity index is 911. The van der Waals surface area contributed by atoms with Gasteiger partial charge in [0, 0.05) is 24.7 Å². The number of nitriles is 1. The predicted molar refractivity (Wildman–Crippen MR) is 86.9 cm³/mol. The largest absolute Gasteiger partial charge is 0.444 e. The quantitative estimate of drug-likeness (QED) is 0.773. The van der Waals surface area contributed by atoms with Gasteiger partial charge < -0.3 is 9.73 Å². The van der Waals surface area contributed by atoms with Crippen LogP contribution in [-0.2, 0) is 6.42 Å². The zero-order valence-electron chi connectivity index (χ0n) is 13.1. The van der Waals surface area contributed by atoms with Gasteiger partial charge in [0.15, 0.2) is 0 Å². The Morgan fingerprint density at radius 3 is 2.72 bits per heavy atom. The van der Waals surface area contributed by atoms with Crippen LogP contribution in [0.5, 0.6) is 0 Å². The minimum atomic E-state index is -0.324. The van der Waals surface area contributed by atoms with E-state index in [4.69, 9.17) is 9.68 Å². The van der Waals surface area contributed by atoms with Crippen molar-refractivity contribution in [1.82, 2.24) is 15.3 Å². The maximum atomic E-state index is 12.9. The summed E-state index contributed by atoms with van der Waals surface area (Å²) in [6.07, 6.45) is 3.35. The summed E-state index contributed by atoms with van der Waals surface area (Å²) >= 11 is 0. The van der Waals surface area contributed by atoms with Crippen LogP contribution in [0.3, 0.4) is 0 Å². The van der Waals surface area contributed by atoms with Crippen molar-refractivity contribution in [3.05, 3.63) is 71.6 Å². The van der Waals surface area contributed by atoms with Gasteiger partial charge in [0.2, 0.25) is 5.89 Å². The lowest BCUT2D eigenvalue weighted by Gasteiger charge is -2.03. The summed E-state index contributed by atoms with van der Waals surface area (Å²) < 4.78 is 18.3. The monoisotopic (exact) mass is 336 g/mol. The number of carbonyl (C=O) groups is 1. The molecule has 0 fully saturated rings. The molecule has 25 heavy (non-hydrogen) atoms. The van der Waals surface area contributed by atoms with E-state index in [1.807, 2.05) is 6.07 Å². The van der Waals surface area contributed by atoms with Gasteiger partial charge in [-0.3, -0.25) is 4.79 Å². The molecule has 7 heteroatoms. The fraction of sp³-hybridized carbons (Fsp3) is 0.111. The molecule has 0 bridgehead atoms. The van der Waals surface area contributed by atoms with E-state index in [-0.39, 0.29) is 17.4 Å². The summed E-state index contributed by atoms with van der Waals surface area (Å²) in [5.74, 6) is -0.201. The van der Waals surface area contributed by atoms with E-state index >= 15 is 0 Å². The number of aromatic nitrogens is 2.